The second-order valence-electron chi connectivity index (χ2n) is 4.23. The summed E-state index contributed by atoms with van der Waals surface area (Å²) < 4.78 is 0. The van der Waals surface area contributed by atoms with Crippen LogP contribution in [0.2, 0.25) is 5.02 Å². The van der Waals surface area contributed by atoms with E-state index in [0.29, 0.717) is 10.9 Å². The van der Waals surface area contributed by atoms with Crippen molar-refractivity contribution < 1.29 is 9.90 Å². The van der Waals surface area contributed by atoms with Gasteiger partial charge >= 0.3 is 5.97 Å². The molecule has 82 valence electrons. The van der Waals surface area contributed by atoms with Crippen molar-refractivity contribution in [1.29, 1.82) is 0 Å². The third-order valence-electron chi connectivity index (χ3n) is 2.97. The number of benzene rings is 1. The number of halogens is 1. The average molecular weight is 236 g/mol. The molecule has 0 unspecified atom stereocenters. The maximum Gasteiger partial charge on any atom is 0.335 e. The maximum absolute atomic E-state index is 10.9. The minimum Gasteiger partial charge on any atom is -0.478 e. The van der Waals surface area contributed by atoms with Gasteiger partial charge in [0.25, 0.3) is 0 Å². The van der Waals surface area contributed by atoms with Crippen LogP contribution >= 0.6 is 11.6 Å². The van der Waals surface area contributed by atoms with Crippen LogP contribution in [0.3, 0.4) is 0 Å². The first kappa shape index (κ1) is 9.73. The van der Waals surface area contributed by atoms with E-state index in [-0.39, 0.29) is 5.56 Å². The normalized spacial score (nSPS) is 15.6. The lowest BCUT2D eigenvalue weighted by atomic mass is 10.1. The zero-order chi connectivity index (χ0) is 11.3. The van der Waals surface area contributed by atoms with Gasteiger partial charge in [0.15, 0.2) is 0 Å². The Labute approximate surface area is 97.0 Å². The number of carboxylic acids is 1. The van der Waals surface area contributed by atoms with Gasteiger partial charge in [-0.2, -0.15) is 0 Å². The topological polar surface area (TPSA) is 53.1 Å². The molecule has 0 spiro atoms. The lowest BCUT2D eigenvalue weighted by Crippen LogP contribution is -1.95. The number of H-pyrrole nitrogens is 1. The molecule has 4 heteroatoms. The zero-order valence-corrected chi connectivity index (χ0v) is 9.21. The second-order valence-corrected chi connectivity index (χ2v) is 4.63. The third-order valence-corrected chi connectivity index (χ3v) is 3.26. The van der Waals surface area contributed by atoms with Crippen LogP contribution in [0.5, 0.6) is 0 Å². The van der Waals surface area contributed by atoms with E-state index in [0.717, 1.165) is 10.9 Å². The Hall–Kier alpha value is -1.48. The number of aromatic carboxylic acids is 1. The quantitative estimate of drug-likeness (QED) is 0.838. The van der Waals surface area contributed by atoms with Crippen molar-refractivity contribution in [3.8, 4) is 0 Å². The average Bonchev–Trinajstić information content (AvgIpc) is 2.98. The molecular formula is C12H10ClNO2. The fourth-order valence-electron chi connectivity index (χ4n) is 1.96. The highest BCUT2D eigenvalue weighted by molar-refractivity contribution is 6.35. The molecule has 3 nitrogen and oxygen atoms in total. The summed E-state index contributed by atoms with van der Waals surface area (Å²) in [5.74, 6) is -0.338. The first-order chi connectivity index (χ1) is 7.65. The first-order valence-electron chi connectivity index (χ1n) is 5.20. The van der Waals surface area contributed by atoms with Crippen molar-refractivity contribution in [2.45, 2.75) is 18.8 Å². The molecule has 0 atom stereocenters. The van der Waals surface area contributed by atoms with E-state index in [2.05, 4.69) is 4.98 Å². The molecule has 1 saturated carbocycles. The summed E-state index contributed by atoms with van der Waals surface area (Å²) in [5, 5.41) is 10.3. The Morgan fingerprint density at radius 3 is 2.75 bits per heavy atom. The highest BCUT2D eigenvalue weighted by atomic mass is 35.5. The molecule has 1 heterocycles. The minimum absolute atomic E-state index is 0.235. The lowest BCUT2D eigenvalue weighted by molar-refractivity contribution is 0.0697. The van der Waals surface area contributed by atoms with Crippen molar-refractivity contribution >= 4 is 28.5 Å². The Morgan fingerprint density at radius 1 is 1.38 bits per heavy atom. The third kappa shape index (κ3) is 1.48. The number of hydrogen-bond donors (Lipinski definition) is 2. The molecule has 1 aromatic carbocycles. The van der Waals surface area contributed by atoms with Gasteiger partial charge in [-0.3, -0.25) is 0 Å². The molecule has 1 fully saturated rings. The molecule has 3 rings (SSSR count). The van der Waals surface area contributed by atoms with E-state index in [9.17, 15) is 4.79 Å². The zero-order valence-electron chi connectivity index (χ0n) is 8.46. The highest BCUT2D eigenvalue weighted by Gasteiger charge is 2.25. The maximum atomic E-state index is 10.9. The summed E-state index contributed by atoms with van der Waals surface area (Å²) >= 11 is 6.05. The Bertz CT molecular complexity index is 584. The molecule has 1 aromatic heterocycles. The number of fused-ring (bicyclic) bond motifs is 1. The van der Waals surface area contributed by atoms with Crippen LogP contribution in [0, 0.1) is 0 Å². The number of carboxylic acid groups (broad SMARTS) is 1. The van der Waals surface area contributed by atoms with E-state index < -0.39 is 5.97 Å². The molecule has 16 heavy (non-hydrogen) atoms. The van der Waals surface area contributed by atoms with Gasteiger partial charge in [-0.15, -0.1) is 0 Å². The van der Waals surface area contributed by atoms with Crippen molar-refractivity contribution in [3.63, 3.8) is 0 Å². The summed E-state index contributed by atoms with van der Waals surface area (Å²) in [5.41, 5.74) is 2.24. The minimum atomic E-state index is -0.946. The SMILES string of the molecule is O=C(O)c1cc(Cl)c2[nH]c(C3CC3)cc2c1. The fourth-order valence-corrected chi connectivity index (χ4v) is 2.23. The predicted molar refractivity (Wildman–Crippen MR) is 62.2 cm³/mol. The van der Waals surface area contributed by atoms with Gasteiger partial charge in [-0.1, -0.05) is 11.6 Å². The second kappa shape index (κ2) is 3.25. The molecule has 0 bridgehead atoms. The fraction of sp³-hybridized carbons (Fsp3) is 0.250. The summed E-state index contributed by atoms with van der Waals surface area (Å²) in [4.78, 5) is 14.1. The van der Waals surface area contributed by atoms with Gasteiger partial charge in [0.2, 0.25) is 0 Å². The van der Waals surface area contributed by atoms with Crippen LogP contribution in [-0.4, -0.2) is 16.1 Å². The number of aromatic amines is 1. The molecule has 0 aliphatic heterocycles. The van der Waals surface area contributed by atoms with E-state index in [1.807, 2.05) is 6.07 Å². The smallest absolute Gasteiger partial charge is 0.335 e. The summed E-state index contributed by atoms with van der Waals surface area (Å²) in [6, 6.07) is 5.15. The van der Waals surface area contributed by atoms with Gasteiger partial charge < -0.3 is 10.1 Å². The molecule has 0 saturated heterocycles. The first-order valence-corrected chi connectivity index (χ1v) is 5.58. The molecule has 0 amide bonds. The number of carbonyl (C=O) groups is 1. The Kier molecular flexibility index (Phi) is 1.98. The largest absolute Gasteiger partial charge is 0.478 e. The van der Waals surface area contributed by atoms with Gasteiger partial charge in [0.05, 0.1) is 16.1 Å². The number of rotatable bonds is 2. The Morgan fingerprint density at radius 2 is 2.12 bits per heavy atom. The van der Waals surface area contributed by atoms with Crippen LogP contribution in [0.1, 0.15) is 34.8 Å². The lowest BCUT2D eigenvalue weighted by Gasteiger charge is -1.97. The van der Waals surface area contributed by atoms with Gasteiger partial charge in [-0.05, 0) is 37.0 Å². The number of hydrogen-bond acceptors (Lipinski definition) is 1. The van der Waals surface area contributed by atoms with E-state index >= 15 is 0 Å². The monoisotopic (exact) mass is 235 g/mol. The van der Waals surface area contributed by atoms with Crippen molar-refractivity contribution in [1.82, 2.24) is 4.98 Å². The molecule has 2 aromatic rings. The van der Waals surface area contributed by atoms with E-state index in [4.69, 9.17) is 16.7 Å². The van der Waals surface area contributed by atoms with Crippen LogP contribution in [0.15, 0.2) is 18.2 Å². The van der Waals surface area contributed by atoms with Gasteiger partial charge in [0, 0.05) is 11.1 Å². The standard InChI is InChI=1S/C12H10ClNO2/c13-9-4-8(12(15)16)3-7-5-10(6-1-2-6)14-11(7)9/h3-6,14H,1-2H2,(H,15,16). The van der Waals surface area contributed by atoms with E-state index in [1.165, 1.54) is 24.6 Å². The van der Waals surface area contributed by atoms with Crippen LogP contribution in [-0.2, 0) is 0 Å². The van der Waals surface area contributed by atoms with E-state index in [1.54, 1.807) is 6.07 Å². The van der Waals surface area contributed by atoms with Crippen molar-refractivity contribution in [2.24, 2.45) is 0 Å². The van der Waals surface area contributed by atoms with Crippen LogP contribution < -0.4 is 0 Å². The molecule has 1 aliphatic rings. The van der Waals surface area contributed by atoms with Gasteiger partial charge in [0.1, 0.15) is 0 Å². The number of aromatic nitrogens is 1. The molecular weight excluding hydrogens is 226 g/mol. The van der Waals surface area contributed by atoms with Crippen molar-refractivity contribution in [3.05, 3.63) is 34.5 Å². The summed E-state index contributed by atoms with van der Waals surface area (Å²) in [7, 11) is 0. The molecule has 1 aliphatic carbocycles. The molecule has 0 radical (unpaired) electrons. The van der Waals surface area contributed by atoms with Crippen molar-refractivity contribution in [2.75, 3.05) is 0 Å². The van der Waals surface area contributed by atoms with Crippen LogP contribution in [0.4, 0.5) is 0 Å². The van der Waals surface area contributed by atoms with Gasteiger partial charge in [-0.25, -0.2) is 4.79 Å². The molecule has 2 N–H and O–H groups in total. The summed E-state index contributed by atoms with van der Waals surface area (Å²) in [6.07, 6.45) is 2.41. The summed E-state index contributed by atoms with van der Waals surface area (Å²) in [6.45, 7) is 0. The Balaban J connectivity index is 2.21. The highest BCUT2D eigenvalue weighted by Crippen LogP contribution is 2.41. The predicted octanol–water partition coefficient (Wildman–Crippen LogP) is 3.40. The number of nitrogens with one attached hydrogen (secondary N) is 1. The van der Waals surface area contributed by atoms with Crippen LogP contribution in [0.25, 0.3) is 10.9 Å².